The van der Waals surface area contributed by atoms with E-state index >= 15 is 0 Å². The van der Waals surface area contributed by atoms with Crippen LogP contribution < -0.4 is 15.5 Å². The van der Waals surface area contributed by atoms with E-state index in [4.69, 9.17) is 0 Å². The van der Waals surface area contributed by atoms with Gasteiger partial charge in [-0.15, -0.1) is 0 Å². The summed E-state index contributed by atoms with van der Waals surface area (Å²) in [6.07, 6.45) is 1.33. The first-order valence-electron chi connectivity index (χ1n) is 7.77. The zero-order valence-electron chi connectivity index (χ0n) is 13.6. The standard InChI is InChI=1S/C14H28N6O/c1-5-9-15-12-17-13(16-10-8-11(4)21)19-14(18-12)20(6-2)7-3/h11,21H,5-10H2,1-4H3,(H2,15,16,17,18,19). The zero-order chi connectivity index (χ0) is 15.7. The minimum Gasteiger partial charge on any atom is -0.393 e. The maximum Gasteiger partial charge on any atom is 0.231 e. The summed E-state index contributed by atoms with van der Waals surface area (Å²) in [5.74, 6) is 1.81. The van der Waals surface area contributed by atoms with Crippen LogP contribution in [0.5, 0.6) is 0 Å². The van der Waals surface area contributed by atoms with Crippen LogP contribution in [0.2, 0.25) is 0 Å². The molecule has 7 nitrogen and oxygen atoms in total. The molecule has 21 heavy (non-hydrogen) atoms. The van der Waals surface area contributed by atoms with Gasteiger partial charge in [-0.05, 0) is 33.6 Å². The number of hydrogen-bond acceptors (Lipinski definition) is 7. The Kier molecular flexibility index (Phi) is 7.74. The van der Waals surface area contributed by atoms with Gasteiger partial charge in [0.2, 0.25) is 17.8 Å². The van der Waals surface area contributed by atoms with Gasteiger partial charge in [0.25, 0.3) is 0 Å². The molecule has 1 atom stereocenters. The van der Waals surface area contributed by atoms with Gasteiger partial charge < -0.3 is 20.6 Å². The van der Waals surface area contributed by atoms with E-state index in [0.717, 1.165) is 26.1 Å². The van der Waals surface area contributed by atoms with E-state index in [1.807, 2.05) is 0 Å². The maximum atomic E-state index is 9.31. The van der Waals surface area contributed by atoms with Crippen molar-refractivity contribution in [3.8, 4) is 0 Å². The van der Waals surface area contributed by atoms with E-state index < -0.39 is 0 Å². The fraction of sp³-hybridized carbons (Fsp3) is 0.786. The molecule has 0 aliphatic rings. The average molecular weight is 296 g/mol. The van der Waals surface area contributed by atoms with Gasteiger partial charge in [0.05, 0.1) is 6.10 Å². The topological polar surface area (TPSA) is 86.2 Å². The molecule has 0 aliphatic carbocycles. The molecule has 0 bridgehead atoms. The lowest BCUT2D eigenvalue weighted by Crippen LogP contribution is -2.25. The summed E-state index contributed by atoms with van der Waals surface area (Å²) in [4.78, 5) is 15.4. The number of nitrogens with one attached hydrogen (secondary N) is 2. The Hall–Kier alpha value is -1.63. The van der Waals surface area contributed by atoms with Gasteiger partial charge >= 0.3 is 0 Å². The Morgan fingerprint density at radius 2 is 1.57 bits per heavy atom. The van der Waals surface area contributed by atoms with Gasteiger partial charge in [-0.25, -0.2) is 0 Å². The van der Waals surface area contributed by atoms with Crippen LogP contribution in [0, 0.1) is 0 Å². The highest BCUT2D eigenvalue weighted by Crippen LogP contribution is 2.13. The largest absolute Gasteiger partial charge is 0.393 e. The Morgan fingerprint density at radius 1 is 1.00 bits per heavy atom. The lowest BCUT2D eigenvalue weighted by atomic mass is 10.3. The average Bonchev–Trinajstić information content (AvgIpc) is 2.46. The number of hydrogen-bond donors (Lipinski definition) is 3. The molecule has 1 rings (SSSR count). The van der Waals surface area contributed by atoms with E-state index in [1.54, 1.807) is 6.92 Å². The monoisotopic (exact) mass is 296 g/mol. The first-order chi connectivity index (χ1) is 10.1. The quantitative estimate of drug-likeness (QED) is 0.606. The van der Waals surface area contributed by atoms with Gasteiger partial charge in [0, 0.05) is 26.2 Å². The summed E-state index contributed by atoms with van der Waals surface area (Å²) in [5, 5.41) is 15.7. The molecule has 0 saturated carbocycles. The molecule has 0 radical (unpaired) electrons. The summed E-state index contributed by atoms with van der Waals surface area (Å²) in [6.45, 7) is 11.2. The Balaban J connectivity index is 2.86. The molecule has 7 heteroatoms. The Labute approximate surface area is 127 Å². The van der Waals surface area contributed by atoms with Crippen LogP contribution in [-0.2, 0) is 0 Å². The fourth-order valence-electron chi connectivity index (χ4n) is 1.80. The normalized spacial score (nSPS) is 12.0. The van der Waals surface area contributed by atoms with Crippen molar-refractivity contribution in [3.05, 3.63) is 0 Å². The van der Waals surface area contributed by atoms with Crippen molar-refractivity contribution < 1.29 is 5.11 Å². The van der Waals surface area contributed by atoms with Gasteiger partial charge in [0.1, 0.15) is 0 Å². The lowest BCUT2D eigenvalue weighted by molar-refractivity contribution is 0.188. The molecular weight excluding hydrogens is 268 g/mol. The highest BCUT2D eigenvalue weighted by atomic mass is 16.3. The fourth-order valence-corrected chi connectivity index (χ4v) is 1.80. The minimum absolute atomic E-state index is 0.334. The molecule has 1 unspecified atom stereocenters. The van der Waals surface area contributed by atoms with Crippen molar-refractivity contribution in [2.45, 2.75) is 46.6 Å². The van der Waals surface area contributed by atoms with Crippen LogP contribution in [0.15, 0.2) is 0 Å². The van der Waals surface area contributed by atoms with Crippen LogP contribution in [-0.4, -0.2) is 52.3 Å². The number of aromatic nitrogens is 3. The molecule has 0 fully saturated rings. The first-order valence-corrected chi connectivity index (χ1v) is 7.77. The van der Waals surface area contributed by atoms with E-state index in [2.05, 4.69) is 51.3 Å². The molecule has 120 valence electrons. The third-order valence-electron chi connectivity index (χ3n) is 3.05. The van der Waals surface area contributed by atoms with Crippen molar-refractivity contribution in [2.24, 2.45) is 0 Å². The highest BCUT2D eigenvalue weighted by Gasteiger charge is 2.11. The van der Waals surface area contributed by atoms with Crippen molar-refractivity contribution in [1.82, 2.24) is 15.0 Å². The van der Waals surface area contributed by atoms with Gasteiger partial charge in [-0.1, -0.05) is 6.92 Å². The summed E-state index contributed by atoms with van der Waals surface area (Å²) < 4.78 is 0. The zero-order valence-corrected chi connectivity index (χ0v) is 13.6. The van der Waals surface area contributed by atoms with Crippen LogP contribution in [0.3, 0.4) is 0 Å². The number of aliphatic hydroxyl groups excluding tert-OH is 1. The molecule has 0 aliphatic heterocycles. The molecule has 0 amide bonds. The van der Waals surface area contributed by atoms with Crippen molar-refractivity contribution >= 4 is 17.8 Å². The van der Waals surface area contributed by atoms with E-state index in [0.29, 0.717) is 30.8 Å². The third kappa shape index (κ3) is 6.12. The van der Waals surface area contributed by atoms with Gasteiger partial charge in [-0.3, -0.25) is 0 Å². The first kappa shape index (κ1) is 17.4. The molecular formula is C14H28N6O. The molecule has 3 N–H and O–H groups in total. The second-order valence-corrected chi connectivity index (χ2v) is 4.95. The molecule has 0 aromatic carbocycles. The predicted octanol–water partition coefficient (Wildman–Crippen LogP) is 1.72. The number of anilines is 3. The number of aliphatic hydroxyl groups is 1. The third-order valence-corrected chi connectivity index (χ3v) is 3.05. The van der Waals surface area contributed by atoms with Crippen molar-refractivity contribution in [3.63, 3.8) is 0 Å². The number of nitrogens with zero attached hydrogens (tertiary/aromatic N) is 4. The van der Waals surface area contributed by atoms with Crippen LogP contribution >= 0.6 is 0 Å². The van der Waals surface area contributed by atoms with E-state index in [-0.39, 0.29) is 6.10 Å². The smallest absolute Gasteiger partial charge is 0.231 e. The summed E-state index contributed by atoms with van der Waals surface area (Å²) in [5.41, 5.74) is 0. The Morgan fingerprint density at radius 3 is 2.05 bits per heavy atom. The van der Waals surface area contributed by atoms with E-state index in [1.165, 1.54) is 0 Å². The molecule has 1 aromatic rings. The minimum atomic E-state index is -0.334. The predicted molar refractivity (Wildman–Crippen MR) is 87.0 cm³/mol. The molecule has 1 heterocycles. The number of rotatable bonds is 10. The van der Waals surface area contributed by atoms with Crippen molar-refractivity contribution in [2.75, 3.05) is 41.7 Å². The van der Waals surface area contributed by atoms with Crippen molar-refractivity contribution in [1.29, 1.82) is 0 Å². The summed E-state index contributed by atoms with van der Waals surface area (Å²) >= 11 is 0. The second-order valence-electron chi connectivity index (χ2n) is 4.95. The van der Waals surface area contributed by atoms with Crippen LogP contribution in [0.25, 0.3) is 0 Å². The second kappa shape index (κ2) is 9.33. The van der Waals surface area contributed by atoms with Gasteiger partial charge in [0.15, 0.2) is 0 Å². The van der Waals surface area contributed by atoms with E-state index in [9.17, 15) is 5.11 Å². The Bertz CT molecular complexity index is 408. The molecule has 0 saturated heterocycles. The van der Waals surface area contributed by atoms with Crippen LogP contribution in [0.4, 0.5) is 17.8 Å². The molecule has 0 spiro atoms. The van der Waals surface area contributed by atoms with Crippen LogP contribution in [0.1, 0.15) is 40.5 Å². The summed E-state index contributed by atoms with van der Waals surface area (Å²) in [6, 6.07) is 0. The highest BCUT2D eigenvalue weighted by molar-refractivity contribution is 5.43. The van der Waals surface area contributed by atoms with Gasteiger partial charge in [-0.2, -0.15) is 15.0 Å². The SMILES string of the molecule is CCCNc1nc(NCCC(C)O)nc(N(CC)CC)n1. The summed E-state index contributed by atoms with van der Waals surface area (Å²) in [7, 11) is 0. The maximum absolute atomic E-state index is 9.31. The molecule has 1 aromatic heterocycles. The lowest BCUT2D eigenvalue weighted by Gasteiger charge is -2.20.